The van der Waals surface area contributed by atoms with Gasteiger partial charge in [0.25, 0.3) is 0 Å². The molecule has 1 aromatic rings. The van der Waals surface area contributed by atoms with Crippen molar-refractivity contribution in [2.75, 3.05) is 6.61 Å². The predicted molar refractivity (Wildman–Crippen MR) is 104 cm³/mol. The van der Waals surface area contributed by atoms with E-state index in [-0.39, 0.29) is 11.2 Å². The van der Waals surface area contributed by atoms with Gasteiger partial charge in [-0.1, -0.05) is 43.0 Å². The van der Waals surface area contributed by atoms with Crippen molar-refractivity contribution in [3.63, 3.8) is 0 Å². The van der Waals surface area contributed by atoms with Crippen LogP contribution in [0, 0.1) is 22.7 Å². The average molecular weight is 394 g/mol. The van der Waals surface area contributed by atoms with Gasteiger partial charge in [-0.25, -0.2) is 0 Å². The summed E-state index contributed by atoms with van der Waals surface area (Å²) in [5, 5.41) is 9.24. The first-order chi connectivity index (χ1) is 12.5. The van der Waals surface area contributed by atoms with E-state index in [9.17, 15) is 4.79 Å². The van der Waals surface area contributed by atoms with Gasteiger partial charge in [-0.2, -0.15) is 5.26 Å². The maximum absolute atomic E-state index is 13.1. The van der Waals surface area contributed by atoms with Gasteiger partial charge < -0.3 is 4.74 Å². The van der Waals surface area contributed by atoms with Crippen LogP contribution in [0.15, 0.2) is 6.07 Å². The van der Waals surface area contributed by atoms with Gasteiger partial charge in [0.15, 0.2) is 5.78 Å². The van der Waals surface area contributed by atoms with Crippen molar-refractivity contribution >= 4 is 29.0 Å². The number of unbranched alkanes of at least 4 members (excludes halogenated alkanes) is 3. The number of halogens is 2. The van der Waals surface area contributed by atoms with Crippen LogP contribution < -0.4 is 4.74 Å². The molecule has 1 fully saturated rings. The van der Waals surface area contributed by atoms with Crippen LogP contribution in [-0.2, 0) is 6.42 Å². The average Bonchev–Trinajstić information content (AvgIpc) is 3.24. The summed E-state index contributed by atoms with van der Waals surface area (Å²) in [4.78, 5) is 13.1. The van der Waals surface area contributed by atoms with Crippen LogP contribution in [0.25, 0.3) is 0 Å². The number of carbonyl (C=O) groups is 1. The minimum Gasteiger partial charge on any atom is -0.492 e. The lowest BCUT2D eigenvalue weighted by Crippen LogP contribution is -2.32. The van der Waals surface area contributed by atoms with Crippen LogP contribution >= 0.6 is 23.2 Å². The Morgan fingerprint density at radius 3 is 2.65 bits per heavy atom. The Bertz CT molecular complexity index is 735. The largest absolute Gasteiger partial charge is 0.492 e. The van der Waals surface area contributed by atoms with Crippen molar-refractivity contribution in [1.29, 1.82) is 5.26 Å². The minimum atomic E-state index is -0.359. The summed E-state index contributed by atoms with van der Waals surface area (Å²) < 4.78 is 5.84. The van der Waals surface area contributed by atoms with E-state index in [1.165, 1.54) is 12.8 Å². The van der Waals surface area contributed by atoms with Gasteiger partial charge in [0, 0.05) is 17.4 Å². The lowest BCUT2D eigenvalue weighted by molar-refractivity contribution is 0.0744. The minimum absolute atomic E-state index is 0.148. The van der Waals surface area contributed by atoms with E-state index >= 15 is 0 Å². The molecule has 0 amide bonds. The first kappa shape index (κ1) is 19.5. The van der Waals surface area contributed by atoms with Gasteiger partial charge in [-0.3, -0.25) is 4.79 Å². The van der Waals surface area contributed by atoms with E-state index < -0.39 is 0 Å². The Labute approximate surface area is 165 Å². The van der Waals surface area contributed by atoms with Gasteiger partial charge in [0.2, 0.25) is 0 Å². The molecule has 0 radical (unpaired) electrons. The number of hydrogen-bond donors (Lipinski definition) is 0. The molecule has 140 valence electrons. The molecule has 2 aliphatic carbocycles. The topological polar surface area (TPSA) is 50.1 Å². The smallest absolute Gasteiger partial charge is 0.171 e. The Balaban J connectivity index is 1.74. The molecule has 1 atom stereocenters. The number of nitriles is 1. The third-order valence-corrected chi connectivity index (χ3v) is 6.86. The van der Waals surface area contributed by atoms with Crippen molar-refractivity contribution in [2.45, 2.75) is 64.7 Å². The highest BCUT2D eigenvalue weighted by molar-refractivity contribution is 6.45. The van der Waals surface area contributed by atoms with E-state index in [2.05, 4.69) is 13.0 Å². The van der Waals surface area contributed by atoms with Gasteiger partial charge in [0.1, 0.15) is 10.8 Å². The molecule has 1 aromatic carbocycles. The van der Waals surface area contributed by atoms with Crippen LogP contribution in [0.2, 0.25) is 10.0 Å². The number of nitrogens with zero attached hydrogens (tertiary/aromatic N) is 1. The summed E-state index contributed by atoms with van der Waals surface area (Å²) in [6.07, 6.45) is 8.65. The second-order valence-corrected chi connectivity index (χ2v) is 8.51. The van der Waals surface area contributed by atoms with Gasteiger partial charge >= 0.3 is 0 Å². The van der Waals surface area contributed by atoms with E-state index in [0.717, 1.165) is 44.1 Å². The number of hydrogen-bond acceptors (Lipinski definition) is 3. The van der Waals surface area contributed by atoms with Crippen LogP contribution in [0.1, 0.15) is 74.2 Å². The zero-order valence-corrected chi connectivity index (χ0v) is 16.8. The molecule has 26 heavy (non-hydrogen) atoms. The lowest BCUT2D eigenvalue weighted by Gasteiger charge is -2.29. The normalized spacial score (nSPS) is 22.5. The molecule has 0 spiro atoms. The lowest BCUT2D eigenvalue weighted by atomic mass is 9.73. The van der Waals surface area contributed by atoms with E-state index in [1.807, 2.05) is 6.07 Å². The fourth-order valence-electron chi connectivity index (χ4n) is 4.46. The summed E-state index contributed by atoms with van der Waals surface area (Å²) in [5.41, 5.74) is 1.22. The molecular weight excluding hydrogens is 369 g/mol. The monoisotopic (exact) mass is 393 g/mol. The third-order valence-electron chi connectivity index (χ3n) is 6.01. The van der Waals surface area contributed by atoms with Crippen LogP contribution in [0.3, 0.4) is 0 Å². The van der Waals surface area contributed by atoms with Crippen molar-refractivity contribution < 1.29 is 9.53 Å². The molecule has 0 saturated heterocycles. The Morgan fingerprint density at radius 1 is 1.23 bits per heavy atom. The molecule has 3 rings (SSSR count). The summed E-state index contributed by atoms with van der Waals surface area (Å²) >= 11 is 12.9. The summed E-state index contributed by atoms with van der Waals surface area (Å²) in [7, 11) is 0. The molecule has 1 saturated carbocycles. The molecule has 0 heterocycles. The van der Waals surface area contributed by atoms with Crippen LogP contribution in [0.4, 0.5) is 0 Å². The van der Waals surface area contributed by atoms with Crippen molar-refractivity contribution in [3.8, 4) is 11.8 Å². The van der Waals surface area contributed by atoms with Gasteiger partial charge in [0.05, 0.1) is 17.7 Å². The number of Topliss-reactive ketones (excluding diaryl/α,β-unsaturated/α-hetero) is 1. The molecule has 0 aromatic heterocycles. The maximum Gasteiger partial charge on any atom is 0.171 e. The van der Waals surface area contributed by atoms with E-state index in [0.29, 0.717) is 40.3 Å². The number of fused-ring (bicyclic) bond motifs is 1. The highest BCUT2D eigenvalue weighted by Gasteiger charge is 2.49. The summed E-state index contributed by atoms with van der Waals surface area (Å²) in [6, 6.07) is 4.06. The van der Waals surface area contributed by atoms with Crippen molar-refractivity contribution in [3.05, 3.63) is 27.2 Å². The molecule has 3 nitrogen and oxygen atoms in total. The summed E-state index contributed by atoms with van der Waals surface area (Å²) in [5.74, 6) is 1.15. The van der Waals surface area contributed by atoms with E-state index in [4.69, 9.17) is 33.2 Å². The fourth-order valence-corrected chi connectivity index (χ4v) is 4.97. The third kappa shape index (κ3) is 3.59. The second-order valence-electron chi connectivity index (χ2n) is 7.76. The molecule has 2 aliphatic rings. The Hall–Kier alpha value is -1.24. The predicted octanol–water partition coefficient (Wildman–Crippen LogP) is 6.39. The molecule has 0 aliphatic heterocycles. The van der Waals surface area contributed by atoms with Crippen molar-refractivity contribution in [2.24, 2.45) is 11.3 Å². The highest BCUT2D eigenvalue weighted by atomic mass is 35.5. The first-order valence-corrected chi connectivity index (χ1v) is 10.3. The van der Waals surface area contributed by atoms with Crippen LogP contribution in [0.5, 0.6) is 5.75 Å². The molecule has 1 unspecified atom stereocenters. The zero-order chi connectivity index (χ0) is 18.7. The number of ketones is 1. The molecular formula is C21H25Cl2NO2. The molecule has 0 N–H and O–H groups in total. The quantitative estimate of drug-likeness (QED) is 0.504. The number of benzene rings is 1. The molecule has 0 bridgehead atoms. The number of carbonyl (C=O) groups excluding carboxylic acids is 1. The van der Waals surface area contributed by atoms with Gasteiger partial charge in [-0.15, -0.1) is 0 Å². The SMILES string of the molecule is CC1(C2CCCC2)Cc2cc(OCCCCCC#N)c(Cl)c(Cl)c2C1=O. The Morgan fingerprint density at radius 2 is 1.96 bits per heavy atom. The van der Waals surface area contributed by atoms with Crippen LogP contribution in [-0.4, -0.2) is 12.4 Å². The standard InChI is InChI=1S/C21H25Cl2NO2/c1-21(15-8-4-5-9-15)13-14-12-16(26-11-7-3-2-6-10-24)18(22)19(23)17(14)20(21)25/h12,15H,2-9,11,13H2,1H3. The first-order valence-electron chi connectivity index (χ1n) is 9.54. The highest BCUT2D eigenvalue weighted by Crippen LogP contribution is 2.52. The second kappa shape index (κ2) is 8.19. The fraction of sp³-hybridized carbons (Fsp3) is 0.619. The maximum atomic E-state index is 13.1. The van der Waals surface area contributed by atoms with E-state index in [1.54, 1.807) is 0 Å². The number of rotatable bonds is 7. The van der Waals surface area contributed by atoms with Gasteiger partial charge in [-0.05, 0) is 56.1 Å². The zero-order valence-electron chi connectivity index (χ0n) is 15.2. The summed E-state index contributed by atoms with van der Waals surface area (Å²) in [6.45, 7) is 2.62. The molecule has 5 heteroatoms. The van der Waals surface area contributed by atoms with Crippen molar-refractivity contribution in [1.82, 2.24) is 0 Å². The Kier molecular flexibility index (Phi) is 6.15. The number of ether oxygens (including phenoxy) is 1.